The van der Waals surface area contributed by atoms with Gasteiger partial charge in [0.15, 0.2) is 0 Å². The molecule has 3 N–H and O–H groups in total. The van der Waals surface area contributed by atoms with Crippen LogP contribution in [0.2, 0.25) is 0 Å². The Balaban J connectivity index is 2.42. The minimum atomic E-state index is 0.253. The van der Waals surface area contributed by atoms with Crippen LogP contribution in [-0.4, -0.2) is 18.7 Å². The van der Waals surface area contributed by atoms with E-state index in [4.69, 9.17) is 5.90 Å². The number of rotatable bonds is 2. The minimum absolute atomic E-state index is 0.253. The number of phenols is 1. The van der Waals surface area contributed by atoms with E-state index in [1.807, 2.05) is 19.2 Å². The fourth-order valence-corrected chi connectivity index (χ4v) is 1.88. The third kappa shape index (κ3) is 1.32. The second-order valence-corrected chi connectivity index (χ2v) is 3.55. The molecule has 0 amide bonds. The molecule has 0 aliphatic carbocycles. The molecular weight excluding hydrogens is 180 g/mol. The van der Waals surface area contributed by atoms with Crippen LogP contribution >= 0.6 is 0 Å². The van der Waals surface area contributed by atoms with Crippen LogP contribution in [0.4, 0.5) is 5.69 Å². The van der Waals surface area contributed by atoms with Crippen LogP contribution in [0.3, 0.4) is 0 Å². The van der Waals surface area contributed by atoms with Crippen LogP contribution in [0, 0.1) is 0 Å². The molecule has 2 rings (SSSR count). The van der Waals surface area contributed by atoms with Crippen molar-refractivity contribution in [3.8, 4) is 5.75 Å². The van der Waals surface area contributed by atoms with Crippen molar-refractivity contribution in [3.05, 3.63) is 23.3 Å². The molecule has 0 spiro atoms. The highest BCUT2D eigenvalue weighted by atomic mass is 16.6. The van der Waals surface area contributed by atoms with Crippen molar-refractivity contribution < 1.29 is 9.94 Å². The molecule has 1 aliphatic heterocycles. The number of aromatic hydroxyl groups is 1. The number of fused-ring (bicyclic) bond motifs is 1. The summed E-state index contributed by atoms with van der Waals surface area (Å²) >= 11 is 0. The van der Waals surface area contributed by atoms with E-state index in [0.29, 0.717) is 5.75 Å². The van der Waals surface area contributed by atoms with Crippen molar-refractivity contribution >= 4 is 5.69 Å². The first kappa shape index (κ1) is 9.30. The van der Waals surface area contributed by atoms with Crippen molar-refractivity contribution in [2.45, 2.75) is 13.0 Å². The van der Waals surface area contributed by atoms with Gasteiger partial charge in [-0.3, -0.25) is 4.84 Å². The van der Waals surface area contributed by atoms with Crippen LogP contribution in [-0.2, 0) is 17.9 Å². The first-order valence-corrected chi connectivity index (χ1v) is 4.60. The molecule has 0 aromatic heterocycles. The molecular formula is C10H14N2O2. The zero-order chi connectivity index (χ0) is 10.1. The van der Waals surface area contributed by atoms with Crippen LogP contribution in [0.25, 0.3) is 0 Å². The SMILES string of the molecule is CN1CCc2c1ccc(CON)c2O. The molecule has 1 aliphatic rings. The van der Waals surface area contributed by atoms with Crippen LogP contribution < -0.4 is 10.8 Å². The summed E-state index contributed by atoms with van der Waals surface area (Å²) in [5.41, 5.74) is 2.85. The predicted molar refractivity (Wildman–Crippen MR) is 54.1 cm³/mol. The van der Waals surface area contributed by atoms with Gasteiger partial charge in [0.1, 0.15) is 5.75 Å². The van der Waals surface area contributed by atoms with Gasteiger partial charge in [-0.1, -0.05) is 6.07 Å². The molecule has 0 unspecified atom stereocenters. The molecule has 0 saturated carbocycles. The molecule has 0 saturated heterocycles. The quantitative estimate of drug-likeness (QED) is 0.683. The first-order chi connectivity index (χ1) is 6.74. The summed E-state index contributed by atoms with van der Waals surface area (Å²) in [5, 5.41) is 9.90. The van der Waals surface area contributed by atoms with Gasteiger partial charge in [-0.05, 0) is 12.5 Å². The second-order valence-electron chi connectivity index (χ2n) is 3.55. The summed E-state index contributed by atoms with van der Waals surface area (Å²) in [6, 6.07) is 3.85. The lowest BCUT2D eigenvalue weighted by molar-refractivity contribution is 0.122. The maximum absolute atomic E-state index is 9.90. The zero-order valence-corrected chi connectivity index (χ0v) is 8.16. The third-order valence-corrected chi connectivity index (χ3v) is 2.69. The lowest BCUT2D eigenvalue weighted by Crippen LogP contribution is -2.12. The van der Waals surface area contributed by atoms with Crippen molar-refractivity contribution in [2.24, 2.45) is 5.90 Å². The van der Waals surface area contributed by atoms with Gasteiger partial charge in [-0.25, -0.2) is 5.90 Å². The summed E-state index contributed by atoms with van der Waals surface area (Å²) in [6.45, 7) is 1.21. The van der Waals surface area contributed by atoms with E-state index in [1.165, 1.54) is 0 Å². The molecule has 0 fully saturated rings. The molecule has 1 heterocycles. The van der Waals surface area contributed by atoms with E-state index in [9.17, 15) is 5.11 Å². The van der Waals surface area contributed by atoms with E-state index < -0.39 is 0 Å². The van der Waals surface area contributed by atoms with Gasteiger partial charge in [0.05, 0.1) is 6.61 Å². The van der Waals surface area contributed by atoms with E-state index in [2.05, 4.69) is 9.74 Å². The van der Waals surface area contributed by atoms with Gasteiger partial charge >= 0.3 is 0 Å². The number of phenolic OH excluding ortho intramolecular Hbond substituents is 1. The van der Waals surface area contributed by atoms with Crippen LogP contribution in [0.15, 0.2) is 12.1 Å². The largest absolute Gasteiger partial charge is 0.507 e. The highest BCUT2D eigenvalue weighted by molar-refractivity contribution is 5.64. The second kappa shape index (κ2) is 3.48. The number of benzene rings is 1. The Bertz CT molecular complexity index is 352. The highest BCUT2D eigenvalue weighted by Gasteiger charge is 2.20. The average molecular weight is 194 g/mol. The van der Waals surface area contributed by atoms with Gasteiger partial charge in [0.25, 0.3) is 0 Å². The normalized spacial score (nSPS) is 14.6. The zero-order valence-electron chi connectivity index (χ0n) is 8.16. The smallest absolute Gasteiger partial charge is 0.126 e. The van der Waals surface area contributed by atoms with Gasteiger partial charge in [-0.2, -0.15) is 0 Å². The highest BCUT2D eigenvalue weighted by Crippen LogP contribution is 2.36. The molecule has 4 heteroatoms. The fraction of sp³-hybridized carbons (Fsp3) is 0.400. The molecule has 0 radical (unpaired) electrons. The standard InChI is InChI=1S/C10H14N2O2/c1-12-5-4-8-9(12)3-2-7(6-14-11)10(8)13/h2-3,13H,4-6,11H2,1H3. The molecule has 1 aromatic rings. The molecule has 4 nitrogen and oxygen atoms in total. The monoisotopic (exact) mass is 194 g/mol. The van der Waals surface area contributed by atoms with E-state index in [-0.39, 0.29) is 6.61 Å². The molecule has 14 heavy (non-hydrogen) atoms. The Morgan fingerprint density at radius 2 is 2.36 bits per heavy atom. The summed E-state index contributed by atoms with van der Waals surface area (Å²) in [4.78, 5) is 6.65. The molecule has 76 valence electrons. The van der Waals surface area contributed by atoms with Crippen molar-refractivity contribution in [1.29, 1.82) is 0 Å². The lowest BCUT2D eigenvalue weighted by Gasteiger charge is -2.13. The predicted octanol–water partition coefficient (Wildman–Crippen LogP) is 0.775. The van der Waals surface area contributed by atoms with E-state index in [0.717, 1.165) is 29.8 Å². The van der Waals surface area contributed by atoms with Gasteiger partial charge < -0.3 is 10.0 Å². The summed E-state index contributed by atoms with van der Waals surface area (Å²) < 4.78 is 0. The Morgan fingerprint density at radius 3 is 3.07 bits per heavy atom. The first-order valence-electron chi connectivity index (χ1n) is 4.60. The van der Waals surface area contributed by atoms with Gasteiger partial charge in [0, 0.05) is 30.4 Å². The van der Waals surface area contributed by atoms with Crippen LogP contribution in [0.5, 0.6) is 5.75 Å². The van der Waals surface area contributed by atoms with Gasteiger partial charge in [-0.15, -0.1) is 0 Å². The topological polar surface area (TPSA) is 58.7 Å². The summed E-state index contributed by atoms with van der Waals surface area (Å²) in [6.07, 6.45) is 0.885. The average Bonchev–Trinajstić information content (AvgIpc) is 2.54. The minimum Gasteiger partial charge on any atom is -0.507 e. The Kier molecular flexibility index (Phi) is 2.31. The summed E-state index contributed by atoms with van der Waals surface area (Å²) in [5.74, 6) is 5.31. The maximum atomic E-state index is 9.90. The lowest BCUT2D eigenvalue weighted by atomic mass is 10.1. The summed E-state index contributed by atoms with van der Waals surface area (Å²) in [7, 11) is 2.02. The number of nitrogens with two attached hydrogens (primary N) is 1. The molecule has 0 atom stereocenters. The van der Waals surface area contributed by atoms with Crippen molar-refractivity contribution in [2.75, 3.05) is 18.5 Å². The Labute approximate surface area is 82.8 Å². The Hall–Kier alpha value is -1.26. The van der Waals surface area contributed by atoms with Crippen molar-refractivity contribution in [3.63, 3.8) is 0 Å². The van der Waals surface area contributed by atoms with Crippen LogP contribution in [0.1, 0.15) is 11.1 Å². The maximum Gasteiger partial charge on any atom is 0.126 e. The van der Waals surface area contributed by atoms with E-state index >= 15 is 0 Å². The number of nitrogens with zero attached hydrogens (tertiary/aromatic N) is 1. The number of likely N-dealkylation sites (N-methyl/N-ethyl adjacent to an activating group) is 1. The molecule has 0 bridgehead atoms. The van der Waals surface area contributed by atoms with Gasteiger partial charge in [0.2, 0.25) is 0 Å². The van der Waals surface area contributed by atoms with Crippen molar-refractivity contribution in [1.82, 2.24) is 0 Å². The number of hydrogen-bond acceptors (Lipinski definition) is 4. The van der Waals surface area contributed by atoms with E-state index in [1.54, 1.807) is 0 Å². The third-order valence-electron chi connectivity index (χ3n) is 2.69. The Morgan fingerprint density at radius 1 is 1.57 bits per heavy atom. The number of anilines is 1. The molecule has 1 aromatic carbocycles. The number of hydrogen-bond donors (Lipinski definition) is 2. The fourth-order valence-electron chi connectivity index (χ4n) is 1.88.